The van der Waals surface area contributed by atoms with Crippen LogP contribution in [0.5, 0.6) is 23.0 Å². The summed E-state index contributed by atoms with van der Waals surface area (Å²) in [6.07, 6.45) is 0. The second-order valence-corrected chi connectivity index (χ2v) is 4.40. The van der Waals surface area contributed by atoms with Crippen molar-refractivity contribution in [3.63, 3.8) is 0 Å². The van der Waals surface area contributed by atoms with Crippen molar-refractivity contribution in [1.82, 2.24) is 0 Å². The average Bonchev–Trinajstić information content (AvgIpc) is 2.34. The molecular formula is C10H13FO6S. The summed E-state index contributed by atoms with van der Waals surface area (Å²) in [5, 5.41) is 0. The van der Waals surface area contributed by atoms with Gasteiger partial charge in [0.25, 0.3) is 0 Å². The van der Waals surface area contributed by atoms with E-state index >= 15 is 0 Å². The molecule has 1 aromatic carbocycles. The van der Waals surface area contributed by atoms with Crippen molar-refractivity contribution in [2.75, 3.05) is 28.4 Å². The smallest absolute Gasteiger partial charge is 0.339 e. The molecule has 0 amide bonds. The third kappa shape index (κ3) is 2.42. The number of methoxy groups -OCH3 is 4. The van der Waals surface area contributed by atoms with Crippen LogP contribution in [0.15, 0.2) is 11.0 Å². The summed E-state index contributed by atoms with van der Waals surface area (Å²) in [5.74, 6) is -0.404. The molecule has 0 aromatic heterocycles. The summed E-state index contributed by atoms with van der Waals surface area (Å²) in [6.45, 7) is 0. The van der Waals surface area contributed by atoms with Gasteiger partial charge in [-0.15, -0.1) is 3.89 Å². The highest BCUT2D eigenvalue weighted by molar-refractivity contribution is 7.86. The molecule has 8 heteroatoms. The average molecular weight is 280 g/mol. The first kappa shape index (κ1) is 14.4. The molecule has 0 bridgehead atoms. The summed E-state index contributed by atoms with van der Waals surface area (Å²) in [7, 11) is -0.0150. The highest BCUT2D eigenvalue weighted by atomic mass is 32.3. The topological polar surface area (TPSA) is 71.1 Å². The molecule has 0 aliphatic rings. The lowest BCUT2D eigenvalue weighted by Gasteiger charge is -2.16. The van der Waals surface area contributed by atoms with Crippen LogP contribution >= 0.6 is 0 Å². The first-order chi connectivity index (χ1) is 8.40. The standard InChI is InChI=1S/C10H13FO6S/c1-14-6-5-7(15-2)10(18(11,12)13)9(17-4)8(6)16-3/h5H,1-4H3. The van der Waals surface area contributed by atoms with Gasteiger partial charge < -0.3 is 18.9 Å². The number of benzene rings is 1. The molecule has 102 valence electrons. The molecule has 1 rings (SSSR count). The van der Waals surface area contributed by atoms with E-state index in [2.05, 4.69) is 0 Å². The summed E-state index contributed by atoms with van der Waals surface area (Å²) in [4.78, 5) is -0.731. The Hall–Kier alpha value is -1.70. The Balaban J connectivity index is 3.78. The fourth-order valence-electron chi connectivity index (χ4n) is 1.49. The molecule has 0 saturated carbocycles. The van der Waals surface area contributed by atoms with Crippen molar-refractivity contribution in [1.29, 1.82) is 0 Å². The van der Waals surface area contributed by atoms with Gasteiger partial charge in [-0.25, -0.2) is 0 Å². The molecule has 0 fully saturated rings. The minimum Gasteiger partial charge on any atom is -0.495 e. The molecule has 0 unspecified atom stereocenters. The van der Waals surface area contributed by atoms with E-state index in [1.165, 1.54) is 34.5 Å². The maximum atomic E-state index is 13.3. The maximum Gasteiger partial charge on any atom is 0.339 e. The van der Waals surface area contributed by atoms with E-state index in [1.54, 1.807) is 0 Å². The quantitative estimate of drug-likeness (QED) is 0.759. The van der Waals surface area contributed by atoms with Gasteiger partial charge in [0.2, 0.25) is 5.75 Å². The van der Waals surface area contributed by atoms with E-state index in [1.807, 2.05) is 0 Å². The van der Waals surface area contributed by atoms with Crippen molar-refractivity contribution < 1.29 is 31.3 Å². The minimum absolute atomic E-state index is 0.0305. The van der Waals surface area contributed by atoms with Gasteiger partial charge in [0.15, 0.2) is 16.4 Å². The van der Waals surface area contributed by atoms with Gasteiger partial charge in [-0.2, -0.15) is 8.42 Å². The zero-order valence-corrected chi connectivity index (χ0v) is 11.1. The first-order valence-corrected chi connectivity index (χ1v) is 6.10. The van der Waals surface area contributed by atoms with Crippen LogP contribution < -0.4 is 18.9 Å². The Morgan fingerprint density at radius 3 is 1.72 bits per heavy atom. The molecule has 0 aliphatic heterocycles. The van der Waals surface area contributed by atoms with E-state index in [0.717, 1.165) is 0 Å². The molecule has 6 nitrogen and oxygen atoms in total. The van der Waals surface area contributed by atoms with E-state index in [9.17, 15) is 12.3 Å². The molecule has 0 aliphatic carbocycles. The van der Waals surface area contributed by atoms with E-state index in [0.29, 0.717) is 0 Å². The fourth-order valence-corrected chi connectivity index (χ4v) is 2.27. The third-order valence-corrected chi connectivity index (χ3v) is 3.09. The van der Waals surface area contributed by atoms with Gasteiger partial charge in [0, 0.05) is 6.07 Å². The second-order valence-electron chi connectivity index (χ2n) is 3.11. The number of hydrogen-bond donors (Lipinski definition) is 0. The Morgan fingerprint density at radius 2 is 1.39 bits per heavy atom. The molecule has 0 heterocycles. The predicted octanol–water partition coefficient (Wildman–Crippen LogP) is 1.38. The molecule has 0 saturated heterocycles. The van der Waals surface area contributed by atoms with Crippen molar-refractivity contribution >= 4 is 10.2 Å². The Labute approximate surface area is 104 Å². The number of hydrogen-bond acceptors (Lipinski definition) is 6. The molecule has 18 heavy (non-hydrogen) atoms. The van der Waals surface area contributed by atoms with Gasteiger partial charge in [0.05, 0.1) is 28.4 Å². The van der Waals surface area contributed by atoms with Gasteiger partial charge in [-0.3, -0.25) is 0 Å². The SMILES string of the molecule is COc1cc(OC)c(S(=O)(=O)F)c(OC)c1OC. The van der Waals surface area contributed by atoms with E-state index < -0.39 is 15.1 Å². The third-order valence-electron chi connectivity index (χ3n) is 2.21. The molecule has 0 spiro atoms. The van der Waals surface area contributed by atoms with Crippen molar-refractivity contribution in [3.8, 4) is 23.0 Å². The zero-order valence-electron chi connectivity index (χ0n) is 10.3. The van der Waals surface area contributed by atoms with Gasteiger partial charge >= 0.3 is 10.2 Å². The van der Waals surface area contributed by atoms with Crippen LogP contribution in [0.3, 0.4) is 0 Å². The first-order valence-electron chi connectivity index (χ1n) is 4.72. The zero-order chi connectivity index (χ0) is 13.9. The molecule has 0 atom stereocenters. The Kier molecular flexibility index (Phi) is 4.23. The molecule has 0 N–H and O–H groups in total. The molecule has 0 radical (unpaired) electrons. The summed E-state index contributed by atoms with van der Waals surface area (Å²) < 4.78 is 55.2. The summed E-state index contributed by atoms with van der Waals surface area (Å²) in [5.41, 5.74) is 0. The van der Waals surface area contributed by atoms with E-state index in [-0.39, 0.29) is 23.0 Å². The summed E-state index contributed by atoms with van der Waals surface area (Å²) in [6, 6.07) is 1.20. The van der Waals surface area contributed by atoms with Gasteiger partial charge in [-0.05, 0) is 0 Å². The lowest BCUT2D eigenvalue weighted by atomic mass is 10.2. The van der Waals surface area contributed by atoms with Crippen LogP contribution in [0, 0.1) is 0 Å². The normalized spacial score (nSPS) is 10.9. The number of ether oxygens (including phenoxy) is 4. The summed E-state index contributed by atoms with van der Waals surface area (Å²) >= 11 is 0. The van der Waals surface area contributed by atoms with Crippen LogP contribution in [0.1, 0.15) is 0 Å². The Bertz CT molecular complexity index is 540. The van der Waals surface area contributed by atoms with E-state index in [4.69, 9.17) is 18.9 Å². The highest BCUT2D eigenvalue weighted by Gasteiger charge is 2.30. The number of halogens is 1. The Morgan fingerprint density at radius 1 is 0.889 bits per heavy atom. The molecule has 1 aromatic rings. The van der Waals surface area contributed by atoms with Crippen LogP contribution in [0.2, 0.25) is 0 Å². The predicted molar refractivity (Wildman–Crippen MR) is 60.9 cm³/mol. The fraction of sp³-hybridized carbons (Fsp3) is 0.400. The van der Waals surface area contributed by atoms with Crippen LogP contribution in [0.25, 0.3) is 0 Å². The lowest BCUT2D eigenvalue weighted by molar-refractivity contribution is 0.308. The number of rotatable bonds is 5. The monoisotopic (exact) mass is 280 g/mol. The van der Waals surface area contributed by atoms with Crippen LogP contribution in [-0.2, 0) is 10.2 Å². The highest BCUT2D eigenvalue weighted by Crippen LogP contribution is 2.47. The van der Waals surface area contributed by atoms with Crippen LogP contribution in [0.4, 0.5) is 3.89 Å². The molecular weight excluding hydrogens is 267 g/mol. The minimum atomic E-state index is -5.03. The second kappa shape index (κ2) is 5.30. The largest absolute Gasteiger partial charge is 0.495 e. The van der Waals surface area contributed by atoms with Crippen molar-refractivity contribution in [2.45, 2.75) is 4.90 Å². The van der Waals surface area contributed by atoms with Gasteiger partial charge in [-0.1, -0.05) is 0 Å². The van der Waals surface area contributed by atoms with Crippen molar-refractivity contribution in [3.05, 3.63) is 6.07 Å². The van der Waals surface area contributed by atoms with Crippen LogP contribution in [-0.4, -0.2) is 36.9 Å². The lowest BCUT2D eigenvalue weighted by Crippen LogP contribution is -2.04. The van der Waals surface area contributed by atoms with Crippen molar-refractivity contribution in [2.24, 2.45) is 0 Å². The van der Waals surface area contributed by atoms with Gasteiger partial charge in [0.1, 0.15) is 5.75 Å². The maximum absolute atomic E-state index is 13.3.